The largest absolute Gasteiger partial charge is 0.492 e. The number of aliphatic hydroxyl groups is 1. The molecule has 2 aromatic rings. The van der Waals surface area contributed by atoms with Crippen LogP contribution in [0.5, 0.6) is 5.75 Å². The number of hydrogen-bond acceptors (Lipinski definition) is 4. The topological polar surface area (TPSA) is 62.3 Å². The highest BCUT2D eigenvalue weighted by Gasteiger charge is 2.37. The first-order chi connectivity index (χ1) is 9.69. The second-order valence-corrected chi connectivity index (χ2v) is 6.68. The van der Waals surface area contributed by atoms with Gasteiger partial charge in [-0.1, -0.05) is 12.8 Å². The summed E-state index contributed by atoms with van der Waals surface area (Å²) in [5.41, 5.74) is 0.892. The second-order valence-electron chi connectivity index (χ2n) is 5.80. The first kappa shape index (κ1) is 12.4. The first-order valence-corrected chi connectivity index (χ1v) is 8.09. The predicted octanol–water partition coefficient (Wildman–Crippen LogP) is 2.68. The Morgan fingerprint density at radius 1 is 1.30 bits per heavy atom. The lowest BCUT2D eigenvalue weighted by Gasteiger charge is -2.25. The van der Waals surface area contributed by atoms with Crippen molar-refractivity contribution in [1.29, 1.82) is 0 Å². The number of rotatable bonds is 1. The molecule has 2 aromatic heterocycles. The molecule has 2 aliphatic rings. The van der Waals surface area contributed by atoms with Gasteiger partial charge in [-0.05, 0) is 31.2 Å². The standard InChI is InChI=1S/C15H17NO3S/c17-14-12-11-9(4-3-7-19-10(11)8-20-12)13(16-14)15(18)5-1-2-6-15/h8,18H,1-7H2,(H,16,17). The van der Waals surface area contributed by atoms with E-state index in [0.29, 0.717) is 6.61 Å². The Morgan fingerprint density at radius 3 is 2.90 bits per heavy atom. The van der Waals surface area contributed by atoms with E-state index in [1.54, 1.807) is 0 Å². The van der Waals surface area contributed by atoms with Crippen molar-refractivity contribution < 1.29 is 9.84 Å². The SMILES string of the molecule is O=c1[nH]c(C2(O)CCCC2)c2c3c(csc13)OCCC2. The number of ether oxygens (including phenoxy) is 1. The van der Waals surface area contributed by atoms with Crippen molar-refractivity contribution >= 4 is 21.4 Å². The van der Waals surface area contributed by atoms with E-state index < -0.39 is 5.60 Å². The van der Waals surface area contributed by atoms with Gasteiger partial charge in [0.25, 0.3) is 5.56 Å². The van der Waals surface area contributed by atoms with Crippen LogP contribution >= 0.6 is 11.3 Å². The molecule has 0 radical (unpaired) electrons. The molecule has 1 aliphatic heterocycles. The van der Waals surface area contributed by atoms with E-state index in [1.165, 1.54) is 11.3 Å². The van der Waals surface area contributed by atoms with Gasteiger partial charge in [-0.3, -0.25) is 4.79 Å². The van der Waals surface area contributed by atoms with Crippen LogP contribution in [0.1, 0.15) is 43.4 Å². The Hall–Kier alpha value is -1.33. The van der Waals surface area contributed by atoms with Crippen molar-refractivity contribution in [2.24, 2.45) is 0 Å². The fraction of sp³-hybridized carbons (Fsp3) is 0.533. The average Bonchev–Trinajstić information content (AvgIpc) is 2.99. The van der Waals surface area contributed by atoms with Gasteiger partial charge in [-0.15, -0.1) is 11.3 Å². The zero-order chi connectivity index (χ0) is 13.7. The summed E-state index contributed by atoms with van der Waals surface area (Å²) in [6.45, 7) is 0.673. The normalized spacial score (nSPS) is 20.9. The number of aryl methyl sites for hydroxylation is 1. The van der Waals surface area contributed by atoms with Gasteiger partial charge >= 0.3 is 0 Å². The fourth-order valence-corrected chi connectivity index (χ4v) is 4.47. The smallest absolute Gasteiger partial charge is 0.266 e. The molecule has 1 saturated carbocycles. The summed E-state index contributed by atoms with van der Waals surface area (Å²) in [6.07, 6.45) is 5.29. The number of aromatic amines is 1. The molecule has 106 valence electrons. The van der Waals surface area contributed by atoms with Crippen molar-refractivity contribution in [3.8, 4) is 5.75 Å². The first-order valence-electron chi connectivity index (χ1n) is 7.21. The summed E-state index contributed by atoms with van der Waals surface area (Å²) in [5.74, 6) is 0.812. The molecule has 1 aliphatic carbocycles. The molecule has 0 spiro atoms. The molecule has 5 heteroatoms. The number of pyridine rings is 1. The molecule has 20 heavy (non-hydrogen) atoms. The van der Waals surface area contributed by atoms with E-state index >= 15 is 0 Å². The van der Waals surface area contributed by atoms with Crippen LogP contribution < -0.4 is 10.3 Å². The minimum absolute atomic E-state index is 0.0965. The lowest BCUT2D eigenvalue weighted by atomic mass is 9.90. The highest BCUT2D eigenvalue weighted by atomic mass is 32.1. The summed E-state index contributed by atoms with van der Waals surface area (Å²) in [7, 11) is 0. The number of nitrogens with one attached hydrogen (secondary N) is 1. The predicted molar refractivity (Wildman–Crippen MR) is 78.6 cm³/mol. The van der Waals surface area contributed by atoms with E-state index in [2.05, 4.69) is 4.98 Å². The van der Waals surface area contributed by atoms with Gasteiger partial charge in [0.2, 0.25) is 0 Å². The molecule has 0 bridgehead atoms. The monoisotopic (exact) mass is 291 g/mol. The number of aromatic nitrogens is 1. The third kappa shape index (κ3) is 1.66. The Kier molecular flexibility index (Phi) is 2.69. The van der Waals surface area contributed by atoms with Crippen LogP contribution in [0, 0.1) is 0 Å². The summed E-state index contributed by atoms with van der Waals surface area (Å²) in [5, 5.41) is 13.7. The van der Waals surface area contributed by atoms with Gasteiger partial charge in [0, 0.05) is 10.8 Å². The zero-order valence-electron chi connectivity index (χ0n) is 11.2. The van der Waals surface area contributed by atoms with Crippen LogP contribution in [-0.2, 0) is 12.0 Å². The maximum Gasteiger partial charge on any atom is 0.266 e. The number of thiophene rings is 1. The summed E-state index contributed by atoms with van der Waals surface area (Å²) in [6, 6.07) is 0. The van der Waals surface area contributed by atoms with Crippen LogP contribution in [0.15, 0.2) is 10.2 Å². The van der Waals surface area contributed by atoms with Gasteiger partial charge in [0.15, 0.2) is 0 Å². The molecule has 0 saturated heterocycles. The molecular weight excluding hydrogens is 274 g/mol. The van der Waals surface area contributed by atoms with Crippen LogP contribution in [0.2, 0.25) is 0 Å². The third-order valence-corrected chi connectivity index (χ3v) is 5.49. The van der Waals surface area contributed by atoms with Crippen molar-refractivity contribution in [2.75, 3.05) is 6.61 Å². The molecule has 0 aromatic carbocycles. The average molecular weight is 291 g/mol. The zero-order valence-corrected chi connectivity index (χ0v) is 12.0. The molecule has 4 rings (SSSR count). The van der Waals surface area contributed by atoms with E-state index in [-0.39, 0.29) is 5.56 Å². The van der Waals surface area contributed by atoms with Crippen molar-refractivity contribution in [3.05, 3.63) is 27.0 Å². The van der Waals surface area contributed by atoms with Crippen LogP contribution in [0.25, 0.3) is 10.1 Å². The molecule has 3 heterocycles. The molecule has 0 atom stereocenters. The second kappa shape index (κ2) is 4.33. The lowest BCUT2D eigenvalue weighted by molar-refractivity contribution is 0.0390. The molecule has 4 nitrogen and oxygen atoms in total. The van der Waals surface area contributed by atoms with Crippen LogP contribution in [-0.4, -0.2) is 16.7 Å². The summed E-state index contributed by atoms with van der Waals surface area (Å²) >= 11 is 1.43. The van der Waals surface area contributed by atoms with Crippen molar-refractivity contribution in [2.45, 2.75) is 44.1 Å². The lowest BCUT2D eigenvalue weighted by Crippen LogP contribution is -2.28. The maximum absolute atomic E-state index is 12.3. The Bertz CT molecular complexity index is 725. The highest BCUT2D eigenvalue weighted by molar-refractivity contribution is 7.17. The van der Waals surface area contributed by atoms with Crippen molar-refractivity contribution in [3.63, 3.8) is 0 Å². The Balaban J connectivity index is 2.05. The molecule has 0 unspecified atom stereocenters. The Labute approximate surface area is 120 Å². The number of H-pyrrole nitrogens is 1. The van der Waals surface area contributed by atoms with Gasteiger partial charge in [-0.25, -0.2) is 0 Å². The van der Waals surface area contributed by atoms with E-state index in [1.807, 2.05) is 5.38 Å². The van der Waals surface area contributed by atoms with Gasteiger partial charge < -0.3 is 14.8 Å². The fourth-order valence-electron chi connectivity index (χ4n) is 3.56. The van der Waals surface area contributed by atoms with Gasteiger partial charge in [-0.2, -0.15) is 0 Å². The van der Waals surface area contributed by atoms with Gasteiger partial charge in [0.1, 0.15) is 16.1 Å². The minimum Gasteiger partial charge on any atom is -0.492 e. The summed E-state index contributed by atoms with van der Waals surface area (Å²) in [4.78, 5) is 15.3. The molecule has 2 N–H and O–H groups in total. The number of hydrogen-bond donors (Lipinski definition) is 2. The Morgan fingerprint density at radius 2 is 2.10 bits per heavy atom. The van der Waals surface area contributed by atoms with Crippen LogP contribution in [0.3, 0.4) is 0 Å². The van der Waals surface area contributed by atoms with Gasteiger partial charge in [0.05, 0.1) is 12.3 Å². The quantitative estimate of drug-likeness (QED) is 0.849. The van der Waals surface area contributed by atoms with Crippen molar-refractivity contribution in [1.82, 2.24) is 4.98 Å². The van der Waals surface area contributed by atoms with E-state index in [0.717, 1.165) is 65.6 Å². The maximum atomic E-state index is 12.3. The van der Waals surface area contributed by atoms with Crippen LogP contribution in [0.4, 0.5) is 0 Å². The molecular formula is C15H17NO3S. The highest BCUT2D eigenvalue weighted by Crippen LogP contribution is 2.43. The van der Waals surface area contributed by atoms with E-state index in [4.69, 9.17) is 4.74 Å². The van der Waals surface area contributed by atoms with E-state index in [9.17, 15) is 9.90 Å². The molecule has 0 amide bonds. The summed E-state index contributed by atoms with van der Waals surface area (Å²) < 4.78 is 6.47. The minimum atomic E-state index is -0.855. The molecule has 1 fully saturated rings. The third-order valence-electron chi connectivity index (χ3n) is 4.53.